The number of hydrogen-bond acceptors (Lipinski definition) is 1. The Morgan fingerprint density at radius 2 is 1.91 bits per heavy atom. The zero-order chi connectivity index (χ0) is 14.8. The third kappa shape index (κ3) is 5.05. The molecule has 0 amide bonds. The Kier molecular flexibility index (Phi) is 11.9. The number of rotatable bonds is 5. The quantitative estimate of drug-likeness (QED) is 0.454. The fourth-order valence-corrected chi connectivity index (χ4v) is 4.92. The molecule has 0 aromatic heterocycles. The van der Waals surface area contributed by atoms with E-state index in [0.717, 1.165) is 12.8 Å². The minimum absolute atomic E-state index is 0. The van der Waals surface area contributed by atoms with Gasteiger partial charge in [-0.25, -0.2) is 11.6 Å². The molecule has 2 aliphatic rings. The first-order valence-electron chi connectivity index (χ1n) is 7.71. The van der Waals surface area contributed by atoms with Crippen LogP contribution in [0.1, 0.15) is 53.9 Å². The molecule has 127 valence electrons. The third-order valence-corrected chi connectivity index (χ3v) is 6.83. The Hall–Kier alpha value is 0.604. The fourth-order valence-electron chi connectivity index (χ4n) is 3.41. The van der Waals surface area contributed by atoms with E-state index < -0.39 is 0 Å². The van der Waals surface area contributed by atoms with E-state index in [2.05, 4.69) is 76.8 Å². The number of thioether (sulfide) groups is 1. The van der Waals surface area contributed by atoms with Crippen LogP contribution in [0.2, 0.25) is 0 Å². The van der Waals surface area contributed by atoms with Gasteiger partial charge in [-0.2, -0.15) is 6.08 Å². The summed E-state index contributed by atoms with van der Waals surface area (Å²) in [6.07, 6.45) is 16.2. The molecule has 2 aliphatic carbocycles. The van der Waals surface area contributed by atoms with Gasteiger partial charge >= 0.3 is 21.7 Å². The van der Waals surface area contributed by atoms with Crippen LogP contribution in [-0.4, -0.2) is 10.5 Å². The zero-order valence-corrected chi connectivity index (χ0v) is 18.7. The Balaban J connectivity index is 0. The standard InChI is InChI=1S/C19H27S.2ClH.Ti/c1-6-13-20-19(12-11-15(2)14-16(19)3)18(4,5)17-9-7-8-10-17;;;/h7,9,11,14H,6,8,12-13H2,1-5H3;2*1H;/q-1;;;+3/p-2. The van der Waals surface area contributed by atoms with E-state index in [4.69, 9.17) is 0 Å². The molecular formula is C19H27Cl2STi. The van der Waals surface area contributed by atoms with Gasteiger partial charge < -0.3 is 24.8 Å². The van der Waals surface area contributed by atoms with Crippen molar-refractivity contribution in [2.75, 3.05) is 5.75 Å². The topological polar surface area (TPSA) is 0 Å². The van der Waals surface area contributed by atoms with Gasteiger partial charge in [0, 0.05) is 4.75 Å². The summed E-state index contributed by atoms with van der Waals surface area (Å²) in [5, 5.41) is 0. The summed E-state index contributed by atoms with van der Waals surface area (Å²) in [5.41, 5.74) is 4.45. The summed E-state index contributed by atoms with van der Waals surface area (Å²) in [7, 11) is 0. The van der Waals surface area contributed by atoms with Crippen molar-refractivity contribution in [2.24, 2.45) is 5.41 Å². The van der Waals surface area contributed by atoms with Crippen LogP contribution >= 0.6 is 11.8 Å². The summed E-state index contributed by atoms with van der Waals surface area (Å²) < 4.78 is 0.180. The van der Waals surface area contributed by atoms with Crippen LogP contribution < -0.4 is 24.8 Å². The predicted molar refractivity (Wildman–Crippen MR) is 91.9 cm³/mol. The summed E-state index contributed by atoms with van der Waals surface area (Å²) in [6, 6.07) is 0. The van der Waals surface area contributed by atoms with E-state index in [1.54, 1.807) is 0 Å². The van der Waals surface area contributed by atoms with Crippen LogP contribution in [0.4, 0.5) is 0 Å². The minimum atomic E-state index is 0. The second-order valence-corrected chi connectivity index (χ2v) is 7.87. The first-order valence-corrected chi connectivity index (χ1v) is 8.70. The van der Waals surface area contributed by atoms with Gasteiger partial charge in [0.15, 0.2) is 0 Å². The largest absolute Gasteiger partial charge is 3.00 e. The molecule has 0 bridgehead atoms. The molecule has 0 aliphatic heterocycles. The molecule has 0 saturated carbocycles. The van der Waals surface area contributed by atoms with Crippen LogP contribution in [0.25, 0.3) is 0 Å². The Morgan fingerprint density at radius 3 is 2.39 bits per heavy atom. The van der Waals surface area contributed by atoms with Gasteiger partial charge in [-0.15, -0.1) is 18.2 Å². The van der Waals surface area contributed by atoms with Crippen LogP contribution in [0.5, 0.6) is 0 Å². The van der Waals surface area contributed by atoms with Crippen molar-refractivity contribution in [3.63, 3.8) is 0 Å². The normalized spacial score (nSPS) is 22.9. The van der Waals surface area contributed by atoms with Crippen LogP contribution in [-0.2, 0) is 21.7 Å². The molecule has 0 fully saturated rings. The van der Waals surface area contributed by atoms with Crippen molar-refractivity contribution in [1.82, 2.24) is 0 Å². The number of hydrogen-bond donors (Lipinski definition) is 0. The van der Waals surface area contributed by atoms with Crippen molar-refractivity contribution >= 4 is 11.8 Å². The molecular weight excluding hydrogens is 379 g/mol. The number of halogens is 2. The second kappa shape index (κ2) is 10.6. The van der Waals surface area contributed by atoms with E-state index in [9.17, 15) is 0 Å². The Morgan fingerprint density at radius 1 is 1.26 bits per heavy atom. The van der Waals surface area contributed by atoms with Crippen LogP contribution in [0.3, 0.4) is 0 Å². The Bertz CT molecular complexity index is 503. The molecule has 23 heavy (non-hydrogen) atoms. The van der Waals surface area contributed by atoms with Gasteiger partial charge in [0.25, 0.3) is 0 Å². The molecule has 0 spiro atoms. The maximum atomic E-state index is 3.57. The number of allylic oxidation sites excluding steroid dienone is 7. The summed E-state index contributed by atoms with van der Waals surface area (Å²) in [4.78, 5) is 0. The van der Waals surface area contributed by atoms with Gasteiger partial charge in [0.1, 0.15) is 0 Å². The van der Waals surface area contributed by atoms with Gasteiger partial charge in [0.2, 0.25) is 0 Å². The average molecular weight is 406 g/mol. The van der Waals surface area contributed by atoms with Crippen molar-refractivity contribution in [3.05, 3.63) is 47.1 Å². The van der Waals surface area contributed by atoms with E-state index in [1.807, 2.05) is 0 Å². The first-order chi connectivity index (χ1) is 9.44. The van der Waals surface area contributed by atoms with Crippen molar-refractivity contribution in [2.45, 2.75) is 58.6 Å². The van der Waals surface area contributed by atoms with E-state index in [-0.39, 0.29) is 56.7 Å². The molecule has 1 radical (unpaired) electrons. The van der Waals surface area contributed by atoms with Crippen LogP contribution in [0.15, 0.2) is 41.0 Å². The molecule has 1 unspecified atom stereocenters. The molecule has 0 aromatic rings. The molecule has 4 heteroatoms. The van der Waals surface area contributed by atoms with E-state index in [1.165, 1.54) is 28.9 Å². The minimum Gasteiger partial charge on any atom is -1.00 e. The monoisotopic (exact) mass is 405 g/mol. The average Bonchev–Trinajstić information content (AvgIpc) is 2.92. The molecule has 2 rings (SSSR count). The summed E-state index contributed by atoms with van der Waals surface area (Å²) in [6.45, 7) is 11.6. The molecule has 1 atom stereocenters. The van der Waals surface area contributed by atoms with Gasteiger partial charge in [-0.3, -0.25) is 6.08 Å². The summed E-state index contributed by atoms with van der Waals surface area (Å²) >= 11 is 2.14. The second-order valence-electron chi connectivity index (χ2n) is 6.48. The van der Waals surface area contributed by atoms with Gasteiger partial charge in [-0.1, -0.05) is 44.1 Å². The predicted octanol–water partition coefficient (Wildman–Crippen LogP) is -0.114. The van der Waals surface area contributed by atoms with E-state index in [0.29, 0.717) is 0 Å². The molecule has 0 aromatic carbocycles. The maximum Gasteiger partial charge on any atom is 3.00 e. The van der Waals surface area contributed by atoms with E-state index >= 15 is 0 Å². The van der Waals surface area contributed by atoms with Crippen molar-refractivity contribution in [1.29, 1.82) is 0 Å². The first kappa shape index (κ1) is 25.8. The molecule has 0 nitrogen and oxygen atoms in total. The van der Waals surface area contributed by atoms with Crippen LogP contribution in [0, 0.1) is 11.5 Å². The smallest absolute Gasteiger partial charge is 1.00 e. The van der Waals surface area contributed by atoms with Crippen molar-refractivity contribution in [3.8, 4) is 0 Å². The summed E-state index contributed by atoms with van der Waals surface area (Å²) in [5.74, 6) is 1.22. The maximum absolute atomic E-state index is 3.57. The van der Waals surface area contributed by atoms with Gasteiger partial charge in [0.05, 0.1) is 0 Å². The zero-order valence-electron chi connectivity index (χ0n) is 14.8. The van der Waals surface area contributed by atoms with Gasteiger partial charge in [-0.05, 0) is 37.9 Å². The Labute approximate surface area is 174 Å². The molecule has 0 heterocycles. The molecule has 0 saturated heterocycles. The fraction of sp³-hybridized carbons (Fsp3) is 0.579. The van der Waals surface area contributed by atoms with Crippen molar-refractivity contribution < 1.29 is 46.5 Å². The SMILES string of the molecule is CCCSC1(C(C)(C)C2=[C-]CC=C2)CC=C(C)C=C1C.[Cl-].[Cl-].[Ti+3]. The molecule has 0 N–H and O–H groups in total. The third-order valence-electron chi connectivity index (χ3n) is 4.72.